The van der Waals surface area contributed by atoms with Gasteiger partial charge in [0.1, 0.15) is 5.54 Å². The first-order chi connectivity index (χ1) is 10.4. The molecule has 0 saturated heterocycles. The van der Waals surface area contributed by atoms with E-state index in [4.69, 9.17) is 5.73 Å². The molecule has 2 rings (SSSR count). The predicted molar refractivity (Wildman–Crippen MR) is 86.4 cm³/mol. The Morgan fingerprint density at radius 2 is 1.91 bits per heavy atom. The first-order valence-corrected chi connectivity index (χ1v) is 7.56. The molecule has 120 valence electrons. The third kappa shape index (κ3) is 4.73. The van der Waals surface area contributed by atoms with Gasteiger partial charge >= 0.3 is 6.03 Å². The smallest absolute Gasteiger partial charge is 0.320 e. The van der Waals surface area contributed by atoms with Gasteiger partial charge in [-0.25, -0.2) is 4.79 Å². The molecule has 6 nitrogen and oxygen atoms in total. The lowest BCUT2D eigenvalue weighted by Gasteiger charge is -2.26. The fourth-order valence-corrected chi connectivity index (χ4v) is 2.15. The molecule has 1 saturated carbocycles. The maximum Gasteiger partial charge on any atom is 0.320 e. The second-order valence-corrected chi connectivity index (χ2v) is 6.28. The highest BCUT2D eigenvalue weighted by atomic mass is 16.2. The van der Waals surface area contributed by atoms with Crippen molar-refractivity contribution in [1.82, 2.24) is 10.6 Å². The second-order valence-electron chi connectivity index (χ2n) is 6.28. The lowest BCUT2D eigenvalue weighted by Crippen LogP contribution is -2.57. The molecule has 0 aliphatic heterocycles. The minimum atomic E-state index is -1.01. The van der Waals surface area contributed by atoms with Gasteiger partial charge in [-0.3, -0.25) is 4.79 Å². The monoisotopic (exact) mass is 304 g/mol. The SMILES string of the molecule is CC(C)(NC(=O)Nc1ccccc1)C(=O)NCC(N)C1CC1. The van der Waals surface area contributed by atoms with Crippen molar-refractivity contribution in [2.24, 2.45) is 11.7 Å². The number of amides is 3. The van der Waals surface area contributed by atoms with Crippen LogP contribution >= 0.6 is 0 Å². The zero-order valence-electron chi connectivity index (χ0n) is 13.1. The summed E-state index contributed by atoms with van der Waals surface area (Å²) in [6.07, 6.45) is 2.27. The van der Waals surface area contributed by atoms with Gasteiger partial charge in [0.2, 0.25) is 5.91 Å². The summed E-state index contributed by atoms with van der Waals surface area (Å²) >= 11 is 0. The van der Waals surface area contributed by atoms with E-state index in [-0.39, 0.29) is 11.9 Å². The molecule has 5 N–H and O–H groups in total. The van der Waals surface area contributed by atoms with Gasteiger partial charge in [-0.05, 0) is 44.7 Å². The molecule has 3 amide bonds. The Morgan fingerprint density at radius 3 is 2.50 bits per heavy atom. The molecule has 1 aromatic carbocycles. The summed E-state index contributed by atoms with van der Waals surface area (Å²) in [7, 11) is 0. The highest BCUT2D eigenvalue weighted by molar-refractivity contribution is 5.95. The molecule has 1 aliphatic carbocycles. The second kappa shape index (κ2) is 6.79. The fourth-order valence-electron chi connectivity index (χ4n) is 2.15. The van der Waals surface area contributed by atoms with E-state index in [0.29, 0.717) is 18.2 Å². The first-order valence-electron chi connectivity index (χ1n) is 7.56. The normalized spacial score (nSPS) is 15.8. The molecule has 6 heteroatoms. The predicted octanol–water partition coefficient (Wildman–Crippen LogP) is 1.44. The quantitative estimate of drug-likeness (QED) is 0.640. The number of rotatable bonds is 6. The minimum Gasteiger partial charge on any atom is -0.353 e. The van der Waals surface area contributed by atoms with Gasteiger partial charge in [0.15, 0.2) is 0 Å². The summed E-state index contributed by atoms with van der Waals surface area (Å²) in [5.41, 5.74) is 5.62. The van der Waals surface area contributed by atoms with Crippen molar-refractivity contribution in [3.63, 3.8) is 0 Å². The Bertz CT molecular complexity index is 526. The van der Waals surface area contributed by atoms with Crippen molar-refractivity contribution in [1.29, 1.82) is 0 Å². The third-order valence-corrected chi connectivity index (χ3v) is 3.75. The average Bonchev–Trinajstić information content (AvgIpc) is 3.29. The summed E-state index contributed by atoms with van der Waals surface area (Å²) in [5.74, 6) is 0.282. The Labute approximate surface area is 130 Å². The van der Waals surface area contributed by atoms with Gasteiger partial charge in [0, 0.05) is 18.3 Å². The zero-order chi connectivity index (χ0) is 16.2. The van der Waals surface area contributed by atoms with E-state index >= 15 is 0 Å². The van der Waals surface area contributed by atoms with Crippen molar-refractivity contribution in [2.45, 2.75) is 38.3 Å². The van der Waals surface area contributed by atoms with E-state index in [9.17, 15) is 9.59 Å². The van der Waals surface area contributed by atoms with E-state index in [0.717, 1.165) is 12.8 Å². The first kappa shape index (κ1) is 16.3. The van der Waals surface area contributed by atoms with Crippen LogP contribution in [-0.4, -0.2) is 30.1 Å². The standard InChI is InChI=1S/C16H24N4O2/c1-16(2,14(21)18-10-13(17)11-8-9-11)20-15(22)19-12-6-4-3-5-7-12/h3-7,11,13H,8-10,17H2,1-2H3,(H,18,21)(H2,19,20,22). The Hall–Kier alpha value is -2.08. The molecular weight excluding hydrogens is 280 g/mol. The van der Waals surface area contributed by atoms with Crippen LogP contribution in [0.2, 0.25) is 0 Å². The molecule has 1 aromatic rings. The lowest BCUT2D eigenvalue weighted by molar-refractivity contribution is -0.126. The molecule has 0 spiro atoms. The highest BCUT2D eigenvalue weighted by Gasteiger charge is 2.32. The van der Waals surface area contributed by atoms with E-state index < -0.39 is 11.6 Å². The van der Waals surface area contributed by atoms with Crippen molar-refractivity contribution in [3.8, 4) is 0 Å². The van der Waals surface area contributed by atoms with Crippen molar-refractivity contribution < 1.29 is 9.59 Å². The van der Waals surface area contributed by atoms with Gasteiger partial charge in [0.05, 0.1) is 0 Å². The number of nitrogens with one attached hydrogen (secondary N) is 3. The fraction of sp³-hybridized carbons (Fsp3) is 0.500. The number of anilines is 1. The van der Waals surface area contributed by atoms with Gasteiger partial charge in [0.25, 0.3) is 0 Å². The molecule has 0 radical (unpaired) electrons. The van der Waals surface area contributed by atoms with E-state index in [2.05, 4.69) is 16.0 Å². The topological polar surface area (TPSA) is 96.2 Å². The molecule has 22 heavy (non-hydrogen) atoms. The summed E-state index contributed by atoms with van der Waals surface area (Å²) in [4.78, 5) is 24.2. The molecule has 0 bridgehead atoms. The summed E-state index contributed by atoms with van der Waals surface area (Å²) in [6.45, 7) is 3.76. The molecule has 1 fully saturated rings. The number of benzene rings is 1. The van der Waals surface area contributed by atoms with Crippen molar-refractivity contribution in [3.05, 3.63) is 30.3 Å². The van der Waals surface area contributed by atoms with Crippen LogP contribution in [0.25, 0.3) is 0 Å². The van der Waals surface area contributed by atoms with Crippen LogP contribution in [0.4, 0.5) is 10.5 Å². The molecule has 1 aliphatic rings. The molecule has 1 atom stereocenters. The van der Waals surface area contributed by atoms with Gasteiger partial charge in [-0.2, -0.15) is 0 Å². The Kier molecular flexibility index (Phi) is 5.03. The Balaban J connectivity index is 1.80. The third-order valence-electron chi connectivity index (χ3n) is 3.75. The van der Waals surface area contributed by atoms with Gasteiger partial charge in [-0.1, -0.05) is 18.2 Å². The van der Waals surface area contributed by atoms with E-state index in [1.54, 1.807) is 26.0 Å². The van der Waals surface area contributed by atoms with Crippen LogP contribution in [0.15, 0.2) is 30.3 Å². The number of carbonyl (C=O) groups excluding carboxylic acids is 2. The zero-order valence-corrected chi connectivity index (χ0v) is 13.1. The van der Waals surface area contributed by atoms with Crippen LogP contribution in [0.1, 0.15) is 26.7 Å². The maximum atomic E-state index is 12.2. The summed E-state index contributed by atoms with van der Waals surface area (Å²) in [5, 5.41) is 8.17. The van der Waals surface area contributed by atoms with Crippen LogP contribution in [-0.2, 0) is 4.79 Å². The van der Waals surface area contributed by atoms with Crippen LogP contribution in [0, 0.1) is 5.92 Å². The van der Waals surface area contributed by atoms with E-state index in [1.807, 2.05) is 18.2 Å². The van der Waals surface area contributed by atoms with Crippen molar-refractivity contribution >= 4 is 17.6 Å². The highest BCUT2D eigenvalue weighted by Crippen LogP contribution is 2.31. The van der Waals surface area contributed by atoms with Gasteiger partial charge < -0.3 is 21.7 Å². The summed E-state index contributed by atoms with van der Waals surface area (Å²) in [6, 6.07) is 8.65. The number of nitrogens with two attached hydrogens (primary N) is 1. The number of urea groups is 1. The van der Waals surface area contributed by atoms with Crippen LogP contribution in [0.3, 0.4) is 0 Å². The molecule has 0 heterocycles. The molecule has 0 aromatic heterocycles. The van der Waals surface area contributed by atoms with Crippen LogP contribution < -0.4 is 21.7 Å². The number of hydrogen-bond donors (Lipinski definition) is 4. The average molecular weight is 304 g/mol. The number of hydrogen-bond acceptors (Lipinski definition) is 3. The number of para-hydroxylation sites is 1. The maximum absolute atomic E-state index is 12.2. The Morgan fingerprint density at radius 1 is 1.27 bits per heavy atom. The molecular formula is C16H24N4O2. The van der Waals surface area contributed by atoms with Crippen LogP contribution in [0.5, 0.6) is 0 Å². The lowest BCUT2D eigenvalue weighted by atomic mass is 10.0. The largest absolute Gasteiger partial charge is 0.353 e. The minimum absolute atomic E-state index is 0.00195. The van der Waals surface area contributed by atoms with Gasteiger partial charge in [-0.15, -0.1) is 0 Å². The molecule has 1 unspecified atom stereocenters. The number of carbonyl (C=O) groups is 2. The summed E-state index contributed by atoms with van der Waals surface area (Å²) < 4.78 is 0. The van der Waals surface area contributed by atoms with E-state index in [1.165, 1.54) is 0 Å². The van der Waals surface area contributed by atoms with Crippen molar-refractivity contribution in [2.75, 3.05) is 11.9 Å².